The molecule has 4 rings (SSSR count). The fraction of sp³-hybridized carbons (Fsp3) is 0.444. The molecule has 0 aromatic heterocycles. The summed E-state index contributed by atoms with van der Waals surface area (Å²) in [5.41, 5.74) is 4.59. The van der Waals surface area contributed by atoms with Crippen LogP contribution in [0, 0.1) is 11.8 Å². The van der Waals surface area contributed by atoms with E-state index in [4.69, 9.17) is 9.47 Å². The number of benzene rings is 2. The summed E-state index contributed by atoms with van der Waals surface area (Å²) in [6.07, 6.45) is -0.792. The van der Waals surface area contributed by atoms with Crippen molar-refractivity contribution in [3.05, 3.63) is 59.7 Å². The molecule has 8 nitrogen and oxygen atoms in total. The molecule has 3 N–H and O–H groups in total. The molecule has 1 aliphatic heterocycles. The Kier molecular flexibility index (Phi) is 7.70. The van der Waals surface area contributed by atoms with Crippen molar-refractivity contribution < 1.29 is 29.0 Å². The van der Waals surface area contributed by atoms with E-state index in [1.54, 1.807) is 0 Å². The highest BCUT2D eigenvalue weighted by atomic mass is 16.5. The van der Waals surface area contributed by atoms with Gasteiger partial charge in [-0.25, -0.2) is 9.59 Å². The molecule has 186 valence electrons. The van der Waals surface area contributed by atoms with E-state index in [1.807, 2.05) is 38.1 Å². The van der Waals surface area contributed by atoms with Gasteiger partial charge in [0.2, 0.25) is 5.91 Å². The Balaban J connectivity index is 1.30. The number of hydrogen-bond donors (Lipinski definition) is 3. The number of hydrogen-bond acceptors (Lipinski definition) is 5. The summed E-state index contributed by atoms with van der Waals surface area (Å²) in [5.74, 6) is -1.56. The van der Waals surface area contributed by atoms with E-state index in [-0.39, 0.29) is 43.2 Å². The Labute approximate surface area is 205 Å². The zero-order valence-electron chi connectivity index (χ0n) is 20.0. The molecule has 2 aromatic carbocycles. The van der Waals surface area contributed by atoms with Crippen LogP contribution in [0.2, 0.25) is 0 Å². The fourth-order valence-electron chi connectivity index (χ4n) is 4.88. The predicted octanol–water partition coefficient (Wildman–Crippen LogP) is 3.55. The number of amides is 2. The van der Waals surface area contributed by atoms with E-state index < -0.39 is 24.2 Å². The first kappa shape index (κ1) is 24.7. The number of carboxylic acids is 1. The second kappa shape index (κ2) is 10.9. The third-order valence-corrected chi connectivity index (χ3v) is 6.88. The number of rotatable bonds is 9. The van der Waals surface area contributed by atoms with Gasteiger partial charge in [-0.15, -0.1) is 0 Å². The Morgan fingerprint density at radius 3 is 2.29 bits per heavy atom. The number of nitrogens with one attached hydrogen (secondary N) is 2. The van der Waals surface area contributed by atoms with E-state index in [9.17, 15) is 19.5 Å². The average Bonchev–Trinajstić information content (AvgIpc) is 3.44. The van der Waals surface area contributed by atoms with Gasteiger partial charge in [0.15, 0.2) is 6.10 Å². The van der Waals surface area contributed by atoms with Crippen LogP contribution in [0.5, 0.6) is 0 Å². The van der Waals surface area contributed by atoms with E-state index in [1.165, 1.54) is 0 Å². The summed E-state index contributed by atoms with van der Waals surface area (Å²) in [4.78, 5) is 36.4. The van der Waals surface area contributed by atoms with Crippen LogP contribution >= 0.6 is 0 Å². The number of carboxylic acid groups (broad SMARTS) is 1. The monoisotopic (exact) mass is 480 g/mol. The molecule has 2 aliphatic rings. The summed E-state index contributed by atoms with van der Waals surface area (Å²) < 4.78 is 10.8. The standard InChI is InChI=1S/C27H32N2O6/c1-16(2)23(13-24(30)28-14-17-11-12-34-25(17)26(31)32)29-27(33)35-15-22-20-9-5-3-7-18(20)19-8-4-6-10-21(19)22/h3-10,16-17,22-23,25H,11-15H2,1-2H3,(H,28,30)(H,29,33)(H,31,32)/t17-,23?,25-/m1/s1. The summed E-state index contributed by atoms with van der Waals surface area (Å²) in [6, 6.07) is 15.9. The van der Waals surface area contributed by atoms with Gasteiger partial charge in [-0.05, 0) is 34.6 Å². The van der Waals surface area contributed by atoms with Crippen molar-refractivity contribution in [3.63, 3.8) is 0 Å². The molecule has 1 saturated heterocycles. The number of carbonyl (C=O) groups is 3. The van der Waals surface area contributed by atoms with Crippen LogP contribution in [-0.4, -0.2) is 55.0 Å². The molecule has 0 bridgehead atoms. The maximum atomic E-state index is 12.7. The van der Waals surface area contributed by atoms with Gasteiger partial charge in [-0.2, -0.15) is 0 Å². The molecule has 2 aromatic rings. The van der Waals surface area contributed by atoms with Gasteiger partial charge < -0.3 is 25.2 Å². The highest BCUT2D eigenvalue weighted by Gasteiger charge is 2.34. The van der Waals surface area contributed by atoms with Crippen LogP contribution in [0.4, 0.5) is 4.79 Å². The minimum atomic E-state index is -1.02. The summed E-state index contributed by atoms with van der Waals surface area (Å²) in [7, 11) is 0. The van der Waals surface area contributed by atoms with E-state index >= 15 is 0 Å². The van der Waals surface area contributed by atoms with Crippen molar-refractivity contribution in [1.29, 1.82) is 0 Å². The second-order valence-corrected chi connectivity index (χ2v) is 9.51. The molecular formula is C27H32N2O6. The Hall–Kier alpha value is -3.39. The normalized spacial score (nSPS) is 19.6. The van der Waals surface area contributed by atoms with Crippen LogP contribution in [0.3, 0.4) is 0 Å². The van der Waals surface area contributed by atoms with Crippen molar-refractivity contribution >= 4 is 18.0 Å². The number of aliphatic carboxylic acids is 1. The van der Waals surface area contributed by atoms with Crippen molar-refractivity contribution in [2.75, 3.05) is 19.8 Å². The van der Waals surface area contributed by atoms with Gasteiger partial charge in [0.25, 0.3) is 0 Å². The third kappa shape index (κ3) is 5.65. The molecule has 3 atom stereocenters. The molecule has 1 heterocycles. The van der Waals surface area contributed by atoms with Gasteiger partial charge in [-0.1, -0.05) is 62.4 Å². The molecule has 1 unspecified atom stereocenters. The van der Waals surface area contributed by atoms with E-state index in [0.717, 1.165) is 22.3 Å². The van der Waals surface area contributed by atoms with Crippen LogP contribution < -0.4 is 10.6 Å². The largest absolute Gasteiger partial charge is 0.479 e. The molecule has 0 radical (unpaired) electrons. The molecule has 35 heavy (non-hydrogen) atoms. The van der Waals surface area contributed by atoms with Crippen LogP contribution in [-0.2, 0) is 19.1 Å². The van der Waals surface area contributed by atoms with Crippen molar-refractivity contribution in [2.45, 2.75) is 44.8 Å². The van der Waals surface area contributed by atoms with E-state index in [0.29, 0.717) is 13.0 Å². The van der Waals surface area contributed by atoms with Crippen molar-refractivity contribution in [2.24, 2.45) is 11.8 Å². The first-order chi connectivity index (χ1) is 16.8. The van der Waals surface area contributed by atoms with Gasteiger partial charge in [0.05, 0.1) is 0 Å². The van der Waals surface area contributed by atoms with Crippen molar-refractivity contribution in [1.82, 2.24) is 10.6 Å². The molecule has 0 spiro atoms. The first-order valence-electron chi connectivity index (χ1n) is 12.1. The lowest BCUT2D eigenvalue weighted by Crippen LogP contribution is -2.44. The molecule has 8 heteroatoms. The zero-order valence-corrected chi connectivity index (χ0v) is 20.0. The lowest BCUT2D eigenvalue weighted by atomic mass is 9.98. The number of fused-ring (bicyclic) bond motifs is 3. The molecule has 2 amide bonds. The van der Waals surface area contributed by atoms with Crippen molar-refractivity contribution in [3.8, 4) is 11.1 Å². The number of alkyl carbamates (subject to hydrolysis) is 1. The predicted molar refractivity (Wildman–Crippen MR) is 130 cm³/mol. The van der Waals surface area contributed by atoms with E-state index in [2.05, 4.69) is 34.9 Å². The maximum Gasteiger partial charge on any atom is 0.407 e. The van der Waals surface area contributed by atoms with Gasteiger partial charge in [-0.3, -0.25) is 4.79 Å². The summed E-state index contributed by atoms with van der Waals surface area (Å²) in [6.45, 7) is 4.65. The van der Waals surface area contributed by atoms with Crippen LogP contribution in [0.25, 0.3) is 11.1 Å². The topological polar surface area (TPSA) is 114 Å². The minimum absolute atomic E-state index is 0.00261. The quantitative estimate of drug-likeness (QED) is 0.506. The van der Waals surface area contributed by atoms with Crippen LogP contribution in [0.15, 0.2) is 48.5 Å². The second-order valence-electron chi connectivity index (χ2n) is 9.51. The molecule has 1 aliphatic carbocycles. The third-order valence-electron chi connectivity index (χ3n) is 6.88. The lowest BCUT2D eigenvalue weighted by molar-refractivity contribution is -0.149. The first-order valence-corrected chi connectivity index (χ1v) is 12.1. The van der Waals surface area contributed by atoms with Gasteiger partial charge in [0, 0.05) is 37.5 Å². The fourth-order valence-corrected chi connectivity index (χ4v) is 4.88. The summed E-state index contributed by atoms with van der Waals surface area (Å²) >= 11 is 0. The smallest absolute Gasteiger partial charge is 0.407 e. The highest BCUT2D eigenvalue weighted by molar-refractivity contribution is 5.80. The number of carbonyl (C=O) groups excluding carboxylic acids is 2. The molecular weight excluding hydrogens is 448 g/mol. The molecule has 1 fully saturated rings. The van der Waals surface area contributed by atoms with Gasteiger partial charge >= 0.3 is 12.1 Å². The minimum Gasteiger partial charge on any atom is -0.479 e. The Morgan fingerprint density at radius 1 is 1.06 bits per heavy atom. The highest BCUT2D eigenvalue weighted by Crippen LogP contribution is 2.44. The zero-order chi connectivity index (χ0) is 24.9. The number of ether oxygens (including phenoxy) is 2. The Morgan fingerprint density at radius 2 is 1.69 bits per heavy atom. The lowest BCUT2D eigenvalue weighted by Gasteiger charge is -2.23. The van der Waals surface area contributed by atoms with Gasteiger partial charge in [0.1, 0.15) is 6.61 Å². The Bertz CT molecular complexity index is 1040. The van der Waals surface area contributed by atoms with Crippen LogP contribution in [0.1, 0.15) is 43.7 Å². The SMILES string of the molecule is CC(C)C(CC(=O)NC[C@H]1CCO[C@H]1C(=O)O)NC(=O)OCC1c2ccccc2-c2ccccc21. The maximum absolute atomic E-state index is 12.7. The summed E-state index contributed by atoms with van der Waals surface area (Å²) in [5, 5.41) is 14.8. The molecule has 0 saturated carbocycles. The average molecular weight is 481 g/mol.